The molecule has 0 spiro atoms. The summed E-state index contributed by atoms with van der Waals surface area (Å²) in [7, 11) is 3.67. The number of likely N-dealkylation sites (N-methyl/N-ethyl adjacent to an activating group) is 1. The van der Waals surface area contributed by atoms with Crippen molar-refractivity contribution >= 4 is 0 Å². The van der Waals surface area contributed by atoms with E-state index < -0.39 is 0 Å². The van der Waals surface area contributed by atoms with E-state index in [0.717, 1.165) is 17.7 Å². The highest BCUT2D eigenvalue weighted by Crippen LogP contribution is 2.26. The summed E-state index contributed by atoms with van der Waals surface area (Å²) in [4.78, 5) is 2.14. The van der Waals surface area contributed by atoms with E-state index in [9.17, 15) is 0 Å². The first kappa shape index (κ1) is 15.5. The molecule has 104 valence electrons. The van der Waals surface area contributed by atoms with Crippen molar-refractivity contribution in [1.29, 1.82) is 5.26 Å². The third kappa shape index (κ3) is 4.23. The fourth-order valence-corrected chi connectivity index (χ4v) is 2.24. The van der Waals surface area contributed by atoms with Crippen LogP contribution in [0.3, 0.4) is 0 Å². The van der Waals surface area contributed by atoms with Gasteiger partial charge in [0.2, 0.25) is 0 Å². The highest BCUT2D eigenvalue weighted by atomic mass is 16.5. The lowest BCUT2D eigenvalue weighted by atomic mass is 9.96. The van der Waals surface area contributed by atoms with E-state index in [1.54, 1.807) is 7.11 Å². The van der Waals surface area contributed by atoms with Crippen molar-refractivity contribution in [3.63, 3.8) is 0 Å². The van der Waals surface area contributed by atoms with Crippen LogP contribution >= 0.6 is 0 Å². The van der Waals surface area contributed by atoms with Gasteiger partial charge in [-0.3, -0.25) is 4.90 Å². The van der Waals surface area contributed by atoms with Crippen molar-refractivity contribution in [2.45, 2.75) is 31.8 Å². The lowest BCUT2D eigenvalue weighted by Crippen LogP contribution is -2.39. The summed E-state index contributed by atoms with van der Waals surface area (Å²) < 4.78 is 5.27. The van der Waals surface area contributed by atoms with Crippen molar-refractivity contribution < 1.29 is 4.74 Å². The van der Waals surface area contributed by atoms with Crippen LogP contribution < -0.4 is 10.5 Å². The lowest BCUT2D eigenvalue weighted by molar-refractivity contribution is 0.213. The van der Waals surface area contributed by atoms with Gasteiger partial charge in [0.15, 0.2) is 0 Å². The maximum absolute atomic E-state index is 8.72. The Hall–Kier alpha value is -1.57. The van der Waals surface area contributed by atoms with Gasteiger partial charge < -0.3 is 10.5 Å². The summed E-state index contributed by atoms with van der Waals surface area (Å²) in [6.45, 7) is 2.79. The number of ether oxygens (including phenoxy) is 1. The molecule has 0 aliphatic rings. The van der Waals surface area contributed by atoms with Gasteiger partial charge in [-0.05, 0) is 31.2 Å². The SMILES string of the molecule is CCC(N)C(c1cccc(OC)c1)N(C)CCC#N. The molecule has 0 aromatic heterocycles. The van der Waals surface area contributed by atoms with Crippen LogP contribution in [0.15, 0.2) is 24.3 Å². The van der Waals surface area contributed by atoms with Gasteiger partial charge in [-0.15, -0.1) is 0 Å². The van der Waals surface area contributed by atoms with E-state index in [2.05, 4.69) is 24.0 Å². The maximum atomic E-state index is 8.72. The molecule has 0 saturated heterocycles. The van der Waals surface area contributed by atoms with Gasteiger partial charge in [0.1, 0.15) is 5.75 Å². The molecule has 0 heterocycles. The van der Waals surface area contributed by atoms with Crippen molar-refractivity contribution in [3.8, 4) is 11.8 Å². The quantitative estimate of drug-likeness (QED) is 0.818. The Bertz CT molecular complexity index is 428. The van der Waals surface area contributed by atoms with E-state index in [1.807, 2.05) is 25.2 Å². The largest absolute Gasteiger partial charge is 0.497 e. The molecule has 0 aliphatic carbocycles. The number of hydrogen-bond acceptors (Lipinski definition) is 4. The Kier molecular flexibility index (Phi) is 6.34. The normalized spacial score (nSPS) is 13.9. The van der Waals surface area contributed by atoms with E-state index in [0.29, 0.717) is 13.0 Å². The van der Waals surface area contributed by atoms with Gasteiger partial charge in [-0.1, -0.05) is 19.1 Å². The standard InChI is InChI=1S/C15H23N3O/c1-4-14(17)15(18(2)10-6-9-16)12-7-5-8-13(11-12)19-3/h5,7-8,11,14-15H,4,6,10,17H2,1-3H3. The Labute approximate surface area is 115 Å². The molecule has 0 amide bonds. The van der Waals surface area contributed by atoms with Gasteiger partial charge in [0.25, 0.3) is 0 Å². The number of rotatable bonds is 7. The topological polar surface area (TPSA) is 62.3 Å². The lowest BCUT2D eigenvalue weighted by Gasteiger charge is -2.32. The van der Waals surface area contributed by atoms with Crippen molar-refractivity contribution in [2.24, 2.45) is 5.73 Å². The molecule has 2 unspecified atom stereocenters. The summed E-state index contributed by atoms with van der Waals surface area (Å²) in [5.41, 5.74) is 7.38. The van der Waals surface area contributed by atoms with Crippen LogP contribution in [-0.2, 0) is 0 Å². The first-order chi connectivity index (χ1) is 9.13. The minimum atomic E-state index is 0.0378. The molecule has 0 aliphatic heterocycles. The maximum Gasteiger partial charge on any atom is 0.119 e. The van der Waals surface area contributed by atoms with Crippen LogP contribution in [0.2, 0.25) is 0 Å². The molecular formula is C15H23N3O. The third-order valence-corrected chi connectivity index (χ3v) is 3.36. The summed E-state index contributed by atoms with van der Waals surface area (Å²) in [6.07, 6.45) is 1.40. The van der Waals surface area contributed by atoms with Crippen LogP contribution in [-0.4, -0.2) is 31.6 Å². The van der Waals surface area contributed by atoms with Gasteiger partial charge in [-0.2, -0.15) is 5.26 Å². The molecule has 4 heteroatoms. The fraction of sp³-hybridized carbons (Fsp3) is 0.533. The van der Waals surface area contributed by atoms with Crippen LogP contribution in [0.5, 0.6) is 5.75 Å². The second kappa shape index (κ2) is 7.78. The van der Waals surface area contributed by atoms with Crippen molar-refractivity contribution in [3.05, 3.63) is 29.8 Å². The second-order valence-electron chi connectivity index (χ2n) is 4.68. The molecule has 2 atom stereocenters. The zero-order chi connectivity index (χ0) is 14.3. The number of nitriles is 1. The molecular weight excluding hydrogens is 238 g/mol. The van der Waals surface area contributed by atoms with Gasteiger partial charge >= 0.3 is 0 Å². The Balaban J connectivity index is 2.98. The van der Waals surface area contributed by atoms with Gasteiger partial charge in [-0.25, -0.2) is 0 Å². The number of nitrogens with two attached hydrogens (primary N) is 1. The van der Waals surface area contributed by atoms with Crippen LogP contribution in [0.4, 0.5) is 0 Å². The zero-order valence-corrected chi connectivity index (χ0v) is 12.0. The fourth-order valence-electron chi connectivity index (χ4n) is 2.24. The molecule has 19 heavy (non-hydrogen) atoms. The average molecular weight is 261 g/mol. The van der Waals surface area contributed by atoms with E-state index in [1.165, 1.54) is 0 Å². The summed E-state index contributed by atoms with van der Waals surface area (Å²) in [5.74, 6) is 0.833. The summed E-state index contributed by atoms with van der Waals surface area (Å²) in [5, 5.41) is 8.72. The molecule has 1 aromatic carbocycles. The Morgan fingerprint density at radius 1 is 1.47 bits per heavy atom. The monoisotopic (exact) mass is 261 g/mol. The van der Waals surface area contributed by atoms with Gasteiger partial charge in [0.05, 0.1) is 13.2 Å². The molecule has 0 bridgehead atoms. The molecule has 1 rings (SSSR count). The molecule has 1 aromatic rings. The first-order valence-electron chi connectivity index (χ1n) is 6.60. The predicted molar refractivity (Wildman–Crippen MR) is 76.9 cm³/mol. The summed E-state index contributed by atoms with van der Waals surface area (Å²) in [6, 6.07) is 10.3. The second-order valence-corrected chi connectivity index (χ2v) is 4.68. The summed E-state index contributed by atoms with van der Waals surface area (Å²) >= 11 is 0. The predicted octanol–water partition coefficient (Wildman–Crippen LogP) is 2.32. The highest BCUT2D eigenvalue weighted by Gasteiger charge is 2.23. The number of methoxy groups -OCH3 is 1. The van der Waals surface area contributed by atoms with Crippen LogP contribution in [0, 0.1) is 11.3 Å². The zero-order valence-electron chi connectivity index (χ0n) is 12.0. The van der Waals surface area contributed by atoms with E-state index in [4.69, 9.17) is 15.7 Å². The van der Waals surface area contributed by atoms with Gasteiger partial charge in [0, 0.05) is 25.0 Å². The number of hydrogen-bond donors (Lipinski definition) is 1. The average Bonchev–Trinajstić information content (AvgIpc) is 2.45. The highest BCUT2D eigenvalue weighted by molar-refractivity contribution is 5.31. The van der Waals surface area contributed by atoms with E-state index in [-0.39, 0.29) is 12.1 Å². The Morgan fingerprint density at radius 3 is 2.79 bits per heavy atom. The number of benzene rings is 1. The Morgan fingerprint density at radius 2 is 2.21 bits per heavy atom. The van der Waals surface area contributed by atoms with Crippen molar-refractivity contribution in [1.82, 2.24) is 4.90 Å². The van der Waals surface area contributed by atoms with Crippen molar-refractivity contribution in [2.75, 3.05) is 20.7 Å². The number of nitrogens with zero attached hydrogens (tertiary/aromatic N) is 2. The molecule has 2 N–H and O–H groups in total. The van der Waals surface area contributed by atoms with Crippen LogP contribution in [0.25, 0.3) is 0 Å². The third-order valence-electron chi connectivity index (χ3n) is 3.36. The minimum Gasteiger partial charge on any atom is -0.497 e. The van der Waals surface area contributed by atoms with E-state index >= 15 is 0 Å². The van der Waals surface area contributed by atoms with Crippen LogP contribution in [0.1, 0.15) is 31.4 Å². The smallest absolute Gasteiger partial charge is 0.119 e. The molecule has 0 radical (unpaired) electrons. The minimum absolute atomic E-state index is 0.0378. The molecule has 0 fully saturated rings. The molecule has 0 saturated carbocycles. The first-order valence-corrected chi connectivity index (χ1v) is 6.60. The molecule has 4 nitrogen and oxygen atoms in total.